The van der Waals surface area contributed by atoms with Gasteiger partial charge in [0, 0.05) is 0 Å². The minimum Gasteiger partial charge on any atom is -0.464 e. The van der Waals surface area contributed by atoms with Crippen LogP contribution in [-0.4, -0.2) is 29.7 Å². The molecule has 1 atom stereocenters. The zero-order valence-corrected chi connectivity index (χ0v) is 6.60. The van der Waals surface area contributed by atoms with Gasteiger partial charge in [0.1, 0.15) is 0 Å². The van der Waals surface area contributed by atoms with Gasteiger partial charge in [0.05, 0.1) is 12.5 Å². The summed E-state index contributed by atoms with van der Waals surface area (Å²) in [6, 6.07) is 0. The second-order valence-electron chi connectivity index (χ2n) is 1.84. The first kappa shape index (κ1) is 9.72. The van der Waals surface area contributed by atoms with Crippen molar-refractivity contribution in [1.82, 2.24) is 0 Å². The first-order chi connectivity index (χ1) is 4.72. The summed E-state index contributed by atoms with van der Waals surface area (Å²) in [6.07, 6.45) is -0.422. The van der Waals surface area contributed by atoms with Gasteiger partial charge >= 0.3 is 5.97 Å². The lowest BCUT2D eigenvalue weighted by Crippen LogP contribution is -2.24. The summed E-state index contributed by atoms with van der Waals surface area (Å²) in [4.78, 5) is 10.6. The van der Waals surface area contributed by atoms with Crippen molar-refractivity contribution < 1.29 is 14.6 Å². The van der Waals surface area contributed by atoms with E-state index in [0.717, 1.165) is 6.42 Å². The topological polar surface area (TPSA) is 46.5 Å². The Hall–Kier alpha value is -0.280. The van der Waals surface area contributed by atoms with Crippen LogP contribution in [0.25, 0.3) is 0 Å². The molecule has 0 aromatic carbocycles. The maximum atomic E-state index is 10.6. The number of hydrogen-bond acceptors (Lipinski definition) is 3. The predicted octanol–water partition coefficient (Wildman–Crippen LogP) is 0.539. The largest absolute Gasteiger partial charge is 0.464 e. The summed E-state index contributed by atoms with van der Waals surface area (Å²) in [6.45, 7) is 2.22. The van der Waals surface area contributed by atoms with E-state index in [4.69, 9.17) is 16.7 Å². The number of esters is 1. The zero-order valence-electron chi connectivity index (χ0n) is 5.84. The number of hydrogen-bond donors (Lipinski definition) is 1. The highest BCUT2D eigenvalue weighted by atomic mass is 35.5. The van der Waals surface area contributed by atoms with E-state index in [1.54, 1.807) is 0 Å². The van der Waals surface area contributed by atoms with Gasteiger partial charge in [-0.3, -0.25) is 0 Å². The van der Waals surface area contributed by atoms with E-state index in [0.29, 0.717) is 6.61 Å². The van der Waals surface area contributed by atoms with Crippen LogP contribution < -0.4 is 0 Å². The molecule has 1 N–H and O–H groups in total. The molecule has 0 saturated heterocycles. The molecule has 0 rings (SSSR count). The fourth-order valence-electron chi connectivity index (χ4n) is 0.362. The Kier molecular flexibility index (Phi) is 5.35. The van der Waals surface area contributed by atoms with Gasteiger partial charge in [0.2, 0.25) is 0 Å². The van der Waals surface area contributed by atoms with Crippen LogP contribution >= 0.6 is 11.6 Å². The first-order valence-electron chi connectivity index (χ1n) is 3.13. The summed E-state index contributed by atoms with van der Waals surface area (Å²) in [5, 5.41) is 8.75. The van der Waals surface area contributed by atoms with Crippen LogP contribution in [0, 0.1) is 0 Å². The number of alkyl halides is 1. The Balaban J connectivity index is 3.42. The molecule has 10 heavy (non-hydrogen) atoms. The van der Waals surface area contributed by atoms with Crippen molar-refractivity contribution in [2.45, 2.75) is 19.4 Å². The van der Waals surface area contributed by atoms with Crippen LogP contribution in [0.1, 0.15) is 13.3 Å². The van der Waals surface area contributed by atoms with Gasteiger partial charge in [-0.15, -0.1) is 11.6 Å². The molecule has 0 aliphatic rings. The predicted molar refractivity (Wildman–Crippen MR) is 38.0 cm³/mol. The van der Waals surface area contributed by atoms with E-state index >= 15 is 0 Å². The molecule has 0 heterocycles. The second kappa shape index (κ2) is 5.50. The number of ether oxygens (including phenoxy) is 1. The lowest BCUT2D eigenvalue weighted by atomic mass is 10.4. The van der Waals surface area contributed by atoms with Crippen molar-refractivity contribution in [3.05, 3.63) is 0 Å². The van der Waals surface area contributed by atoms with E-state index in [1.807, 2.05) is 6.92 Å². The molecular weight excluding hydrogens is 156 g/mol. The summed E-state index contributed by atoms with van der Waals surface area (Å²) >= 11 is 5.17. The minimum absolute atomic E-state index is 0.109. The molecule has 0 spiro atoms. The molecule has 0 fully saturated rings. The fraction of sp³-hybridized carbons (Fsp3) is 0.833. The van der Waals surface area contributed by atoms with Crippen LogP contribution in [0.15, 0.2) is 0 Å². The molecule has 3 nitrogen and oxygen atoms in total. The van der Waals surface area contributed by atoms with Gasteiger partial charge in [-0.05, 0) is 6.42 Å². The number of aliphatic hydroxyl groups excluding tert-OH is 1. The van der Waals surface area contributed by atoms with Gasteiger partial charge in [0.15, 0.2) is 6.10 Å². The third kappa shape index (κ3) is 3.69. The van der Waals surface area contributed by atoms with Crippen LogP contribution in [0.3, 0.4) is 0 Å². The third-order valence-electron chi connectivity index (χ3n) is 0.867. The Morgan fingerprint density at radius 3 is 2.80 bits per heavy atom. The van der Waals surface area contributed by atoms with Crippen molar-refractivity contribution in [2.75, 3.05) is 12.5 Å². The lowest BCUT2D eigenvalue weighted by molar-refractivity contribution is -0.152. The zero-order chi connectivity index (χ0) is 7.98. The van der Waals surface area contributed by atoms with Crippen LogP contribution in [-0.2, 0) is 9.53 Å². The molecule has 0 amide bonds. The lowest BCUT2D eigenvalue weighted by Gasteiger charge is -2.05. The smallest absolute Gasteiger partial charge is 0.336 e. The Bertz CT molecular complexity index is 105. The number of carbonyl (C=O) groups is 1. The van der Waals surface area contributed by atoms with Gasteiger partial charge in [-0.25, -0.2) is 4.79 Å². The maximum Gasteiger partial charge on any atom is 0.336 e. The second-order valence-corrected chi connectivity index (χ2v) is 2.15. The van der Waals surface area contributed by atoms with E-state index in [2.05, 4.69) is 4.74 Å². The SMILES string of the molecule is CCCOC(=O)C(O)CCl. The van der Waals surface area contributed by atoms with Crippen molar-refractivity contribution in [1.29, 1.82) is 0 Å². The minimum atomic E-state index is -1.17. The standard InChI is InChI=1S/C6H11ClO3/c1-2-3-10-6(9)5(8)4-7/h5,8H,2-4H2,1H3. The summed E-state index contributed by atoms with van der Waals surface area (Å²) in [7, 11) is 0. The molecule has 0 aliphatic carbocycles. The van der Waals surface area contributed by atoms with E-state index in [9.17, 15) is 4.79 Å². The molecule has 0 saturated carbocycles. The normalized spacial score (nSPS) is 12.7. The first-order valence-corrected chi connectivity index (χ1v) is 3.66. The molecule has 0 bridgehead atoms. The van der Waals surface area contributed by atoms with Crippen LogP contribution in [0.4, 0.5) is 0 Å². The average Bonchev–Trinajstić information content (AvgIpc) is 1.98. The molecule has 60 valence electrons. The maximum absolute atomic E-state index is 10.6. The van der Waals surface area contributed by atoms with E-state index in [-0.39, 0.29) is 5.88 Å². The van der Waals surface area contributed by atoms with Crippen molar-refractivity contribution in [3.63, 3.8) is 0 Å². The Morgan fingerprint density at radius 1 is 1.80 bits per heavy atom. The molecule has 4 heteroatoms. The summed E-state index contributed by atoms with van der Waals surface area (Å²) in [5.41, 5.74) is 0. The van der Waals surface area contributed by atoms with E-state index < -0.39 is 12.1 Å². The summed E-state index contributed by atoms with van der Waals surface area (Å²) in [5.74, 6) is -0.750. The molecule has 0 aromatic rings. The molecule has 1 unspecified atom stereocenters. The molecule has 0 aliphatic heterocycles. The van der Waals surface area contributed by atoms with Crippen molar-refractivity contribution >= 4 is 17.6 Å². The Labute approximate surface area is 64.9 Å². The van der Waals surface area contributed by atoms with Crippen LogP contribution in [0.5, 0.6) is 0 Å². The Morgan fingerprint density at radius 2 is 2.40 bits per heavy atom. The highest BCUT2D eigenvalue weighted by molar-refractivity contribution is 6.19. The number of aliphatic hydroxyl groups is 1. The highest BCUT2D eigenvalue weighted by Gasteiger charge is 2.13. The number of halogens is 1. The van der Waals surface area contributed by atoms with E-state index in [1.165, 1.54) is 0 Å². The molecular formula is C6H11ClO3. The number of rotatable bonds is 4. The van der Waals surface area contributed by atoms with Gasteiger partial charge < -0.3 is 9.84 Å². The van der Waals surface area contributed by atoms with Gasteiger partial charge in [-0.2, -0.15) is 0 Å². The molecule has 0 radical (unpaired) electrons. The van der Waals surface area contributed by atoms with Gasteiger partial charge in [-0.1, -0.05) is 6.92 Å². The quantitative estimate of drug-likeness (QED) is 0.490. The molecule has 0 aromatic heterocycles. The van der Waals surface area contributed by atoms with Crippen molar-refractivity contribution in [2.24, 2.45) is 0 Å². The van der Waals surface area contributed by atoms with Gasteiger partial charge in [0.25, 0.3) is 0 Å². The van der Waals surface area contributed by atoms with Crippen LogP contribution in [0.2, 0.25) is 0 Å². The third-order valence-corrected chi connectivity index (χ3v) is 1.16. The highest BCUT2D eigenvalue weighted by Crippen LogP contribution is 1.92. The van der Waals surface area contributed by atoms with Crippen molar-refractivity contribution in [3.8, 4) is 0 Å². The monoisotopic (exact) mass is 166 g/mol. The number of carbonyl (C=O) groups excluding carboxylic acids is 1. The summed E-state index contributed by atoms with van der Waals surface area (Å²) < 4.78 is 4.57. The fourth-order valence-corrected chi connectivity index (χ4v) is 0.488. The average molecular weight is 167 g/mol.